The van der Waals surface area contributed by atoms with Crippen LogP contribution >= 0.6 is 0 Å². The van der Waals surface area contributed by atoms with E-state index in [1.54, 1.807) is 10.7 Å². The minimum Gasteiger partial charge on any atom is -0.337 e. The van der Waals surface area contributed by atoms with Gasteiger partial charge in [-0.2, -0.15) is 10.4 Å². The van der Waals surface area contributed by atoms with Crippen LogP contribution in [0.15, 0.2) is 30.5 Å². The van der Waals surface area contributed by atoms with Crippen molar-refractivity contribution in [2.24, 2.45) is 7.05 Å². The van der Waals surface area contributed by atoms with Gasteiger partial charge < -0.3 is 5.32 Å². The number of nitrogens with one attached hydrogen (secondary N) is 1. The highest BCUT2D eigenvalue weighted by Crippen LogP contribution is 2.23. The Hall–Kier alpha value is -2.28. The van der Waals surface area contributed by atoms with Gasteiger partial charge in [0.1, 0.15) is 6.07 Å². The maximum Gasteiger partial charge on any atom is 0.152 e. The SMILES string of the molecule is Cc1cccc(C#N)c1Nc1ccn(C)n1. The van der Waals surface area contributed by atoms with Crippen LogP contribution < -0.4 is 5.32 Å². The van der Waals surface area contributed by atoms with Crippen LogP contribution in [0.2, 0.25) is 0 Å². The molecule has 0 radical (unpaired) electrons. The molecule has 2 rings (SSSR count). The van der Waals surface area contributed by atoms with Gasteiger partial charge in [0.15, 0.2) is 5.82 Å². The number of nitriles is 1. The molecule has 80 valence electrons. The molecule has 1 heterocycles. The second-order valence-electron chi connectivity index (χ2n) is 3.61. The van der Waals surface area contributed by atoms with E-state index in [0.717, 1.165) is 17.1 Å². The van der Waals surface area contributed by atoms with Crippen LogP contribution in [0.5, 0.6) is 0 Å². The summed E-state index contributed by atoms with van der Waals surface area (Å²) >= 11 is 0. The predicted octanol–water partition coefficient (Wildman–Crippen LogP) is 2.34. The average molecular weight is 212 g/mol. The number of hydrogen-bond acceptors (Lipinski definition) is 3. The third kappa shape index (κ3) is 1.89. The van der Waals surface area contributed by atoms with Gasteiger partial charge in [-0.1, -0.05) is 12.1 Å². The van der Waals surface area contributed by atoms with E-state index in [0.29, 0.717) is 5.56 Å². The first-order valence-electron chi connectivity index (χ1n) is 4.97. The largest absolute Gasteiger partial charge is 0.337 e. The zero-order valence-electron chi connectivity index (χ0n) is 9.23. The lowest BCUT2D eigenvalue weighted by atomic mass is 10.1. The van der Waals surface area contributed by atoms with E-state index >= 15 is 0 Å². The average Bonchev–Trinajstić information content (AvgIpc) is 2.67. The van der Waals surface area contributed by atoms with E-state index in [1.807, 2.05) is 38.4 Å². The molecule has 0 aliphatic heterocycles. The standard InChI is InChI=1S/C12H12N4/c1-9-4-3-5-10(8-13)12(9)14-11-6-7-16(2)15-11/h3-7H,1-2H3,(H,14,15). The maximum absolute atomic E-state index is 9.01. The van der Waals surface area contributed by atoms with Crippen LogP contribution in [0.4, 0.5) is 11.5 Å². The molecule has 2 aromatic rings. The van der Waals surface area contributed by atoms with Gasteiger partial charge in [-0.25, -0.2) is 0 Å². The molecule has 16 heavy (non-hydrogen) atoms. The highest BCUT2D eigenvalue weighted by atomic mass is 15.3. The van der Waals surface area contributed by atoms with Crippen LogP contribution in [0.3, 0.4) is 0 Å². The van der Waals surface area contributed by atoms with E-state index in [2.05, 4.69) is 16.5 Å². The van der Waals surface area contributed by atoms with E-state index in [9.17, 15) is 0 Å². The number of benzene rings is 1. The molecule has 1 aromatic heterocycles. The van der Waals surface area contributed by atoms with Crippen molar-refractivity contribution in [2.45, 2.75) is 6.92 Å². The van der Waals surface area contributed by atoms with E-state index < -0.39 is 0 Å². The molecule has 0 aliphatic rings. The Labute approximate surface area is 94.1 Å². The van der Waals surface area contributed by atoms with Gasteiger partial charge in [0, 0.05) is 19.3 Å². The summed E-state index contributed by atoms with van der Waals surface area (Å²) in [4.78, 5) is 0. The number of aromatic nitrogens is 2. The monoisotopic (exact) mass is 212 g/mol. The summed E-state index contributed by atoms with van der Waals surface area (Å²) in [6, 6.07) is 9.66. The Bertz CT molecular complexity index is 548. The van der Waals surface area contributed by atoms with Gasteiger partial charge in [0.2, 0.25) is 0 Å². The third-order valence-electron chi connectivity index (χ3n) is 2.36. The van der Waals surface area contributed by atoms with Gasteiger partial charge in [-0.05, 0) is 18.6 Å². The molecule has 0 aliphatic carbocycles. The normalized spacial score (nSPS) is 9.81. The van der Waals surface area contributed by atoms with Crippen LogP contribution in [-0.4, -0.2) is 9.78 Å². The highest BCUT2D eigenvalue weighted by molar-refractivity contribution is 5.67. The fourth-order valence-electron chi connectivity index (χ4n) is 1.54. The van der Waals surface area contributed by atoms with Crippen molar-refractivity contribution in [3.63, 3.8) is 0 Å². The van der Waals surface area contributed by atoms with Crippen molar-refractivity contribution < 1.29 is 0 Å². The van der Waals surface area contributed by atoms with Crippen LogP contribution in [0.1, 0.15) is 11.1 Å². The zero-order chi connectivity index (χ0) is 11.5. The Kier molecular flexibility index (Phi) is 2.61. The van der Waals surface area contributed by atoms with Crippen molar-refractivity contribution in [1.82, 2.24) is 9.78 Å². The Balaban J connectivity index is 2.38. The van der Waals surface area contributed by atoms with Gasteiger partial charge in [-0.3, -0.25) is 4.68 Å². The van der Waals surface area contributed by atoms with E-state index in [1.165, 1.54) is 0 Å². The fraction of sp³-hybridized carbons (Fsp3) is 0.167. The summed E-state index contributed by atoms with van der Waals surface area (Å²) in [6.45, 7) is 1.96. The predicted molar refractivity (Wildman–Crippen MR) is 62.4 cm³/mol. The summed E-state index contributed by atoms with van der Waals surface area (Å²) in [5, 5.41) is 16.4. The number of anilines is 2. The van der Waals surface area contributed by atoms with Crippen molar-refractivity contribution in [1.29, 1.82) is 5.26 Å². The molecular formula is C12H12N4. The van der Waals surface area contributed by atoms with Gasteiger partial charge in [0.25, 0.3) is 0 Å². The molecule has 1 N–H and O–H groups in total. The van der Waals surface area contributed by atoms with Crippen LogP contribution in [0.25, 0.3) is 0 Å². The number of aryl methyl sites for hydroxylation is 2. The number of nitrogens with zero attached hydrogens (tertiary/aromatic N) is 3. The molecule has 1 aromatic carbocycles. The highest BCUT2D eigenvalue weighted by Gasteiger charge is 2.06. The van der Waals surface area contributed by atoms with E-state index in [-0.39, 0.29) is 0 Å². The summed E-state index contributed by atoms with van der Waals surface area (Å²) in [7, 11) is 1.86. The lowest BCUT2D eigenvalue weighted by Gasteiger charge is -2.08. The summed E-state index contributed by atoms with van der Waals surface area (Å²) in [5.74, 6) is 0.744. The molecule has 0 atom stereocenters. The summed E-state index contributed by atoms with van der Waals surface area (Å²) in [5.41, 5.74) is 2.49. The minimum absolute atomic E-state index is 0.630. The summed E-state index contributed by atoms with van der Waals surface area (Å²) < 4.78 is 1.71. The lowest BCUT2D eigenvalue weighted by Crippen LogP contribution is -1.98. The fourth-order valence-corrected chi connectivity index (χ4v) is 1.54. The number of rotatable bonds is 2. The third-order valence-corrected chi connectivity index (χ3v) is 2.36. The first-order valence-corrected chi connectivity index (χ1v) is 4.97. The Morgan fingerprint density at radius 3 is 2.81 bits per heavy atom. The topological polar surface area (TPSA) is 53.6 Å². The summed E-state index contributed by atoms with van der Waals surface area (Å²) in [6.07, 6.45) is 1.85. The van der Waals surface area contributed by atoms with Crippen molar-refractivity contribution >= 4 is 11.5 Å². The number of hydrogen-bond donors (Lipinski definition) is 1. The molecule has 0 spiro atoms. The smallest absolute Gasteiger partial charge is 0.152 e. The Morgan fingerprint density at radius 1 is 1.38 bits per heavy atom. The van der Waals surface area contributed by atoms with Gasteiger partial charge in [-0.15, -0.1) is 0 Å². The molecule has 4 heteroatoms. The van der Waals surface area contributed by atoms with Crippen LogP contribution in [0, 0.1) is 18.3 Å². The van der Waals surface area contributed by atoms with Gasteiger partial charge in [0.05, 0.1) is 11.3 Å². The number of para-hydroxylation sites is 1. The quantitative estimate of drug-likeness (QED) is 0.831. The molecule has 4 nitrogen and oxygen atoms in total. The Morgan fingerprint density at radius 2 is 2.19 bits per heavy atom. The second kappa shape index (κ2) is 4.07. The first-order chi connectivity index (χ1) is 7.70. The molecule has 0 saturated heterocycles. The molecule has 0 amide bonds. The van der Waals surface area contributed by atoms with Crippen molar-refractivity contribution in [2.75, 3.05) is 5.32 Å². The molecule has 0 fully saturated rings. The first kappa shape index (κ1) is 10.2. The van der Waals surface area contributed by atoms with Crippen molar-refractivity contribution in [3.8, 4) is 6.07 Å². The van der Waals surface area contributed by atoms with Crippen LogP contribution in [-0.2, 0) is 7.05 Å². The molecule has 0 saturated carbocycles. The zero-order valence-corrected chi connectivity index (χ0v) is 9.23. The second-order valence-corrected chi connectivity index (χ2v) is 3.61. The minimum atomic E-state index is 0.630. The lowest BCUT2D eigenvalue weighted by molar-refractivity contribution is 0.771. The molecule has 0 bridgehead atoms. The van der Waals surface area contributed by atoms with E-state index in [4.69, 9.17) is 5.26 Å². The van der Waals surface area contributed by atoms with Crippen molar-refractivity contribution in [3.05, 3.63) is 41.6 Å². The van der Waals surface area contributed by atoms with Gasteiger partial charge >= 0.3 is 0 Å². The molecule has 0 unspecified atom stereocenters. The molecular weight excluding hydrogens is 200 g/mol. The maximum atomic E-state index is 9.01.